The number of aryl methyl sites for hydroxylation is 1. The van der Waals surface area contributed by atoms with Crippen LogP contribution in [0.25, 0.3) is 0 Å². The molecule has 1 aromatic carbocycles. The first-order chi connectivity index (χ1) is 14.3. The smallest absolute Gasteiger partial charge is 0.255 e. The summed E-state index contributed by atoms with van der Waals surface area (Å²) in [7, 11) is 0. The van der Waals surface area contributed by atoms with Gasteiger partial charge in [0, 0.05) is 45.0 Å². The Hall–Kier alpha value is -2.73. The van der Waals surface area contributed by atoms with Gasteiger partial charge >= 0.3 is 0 Å². The van der Waals surface area contributed by atoms with E-state index in [-0.39, 0.29) is 17.6 Å². The van der Waals surface area contributed by atoms with Gasteiger partial charge in [0.1, 0.15) is 5.82 Å². The van der Waals surface area contributed by atoms with E-state index in [2.05, 4.69) is 38.5 Å². The number of Topliss-reactive ketones (excluding diaryl/α,β-unsaturated/α-hetero) is 1. The molecule has 2 heterocycles. The first-order valence-electron chi connectivity index (χ1n) is 10.1. The molecule has 0 saturated heterocycles. The van der Waals surface area contributed by atoms with E-state index in [1.54, 1.807) is 6.07 Å². The largest absolute Gasteiger partial charge is 0.362 e. The van der Waals surface area contributed by atoms with Crippen LogP contribution in [0.5, 0.6) is 0 Å². The normalized spacial score (nSPS) is 21.3. The first kappa shape index (κ1) is 20.5. The monoisotopic (exact) mass is 465 g/mol. The maximum absolute atomic E-state index is 13.4. The molecule has 1 aliphatic heterocycles. The maximum Gasteiger partial charge on any atom is 0.255 e. The molecule has 154 valence electrons. The van der Waals surface area contributed by atoms with E-state index in [4.69, 9.17) is 0 Å². The van der Waals surface area contributed by atoms with Crippen molar-refractivity contribution in [2.45, 2.75) is 39.5 Å². The minimum absolute atomic E-state index is 0.107. The summed E-state index contributed by atoms with van der Waals surface area (Å²) in [5, 5.41) is 6.29. The summed E-state index contributed by atoms with van der Waals surface area (Å²) in [4.78, 5) is 30.9. The number of halogens is 1. The third-order valence-electron chi connectivity index (χ3n) is 5.61. The lowest BCUT2D eigenvalue weighted by Crippen LogP contribution is -2.37. The van der Waals surface area contributed by atoms with Gasteiger partial charge in [0.25, 0.3) is 5.91 Å². The molecule has 0 radical (unpaired) electrons. The number of ketones is 1. The Morgan fingerprint density at radius 1 is 1.13 bits per heavy atom. The number of benzene rings is 1. The molecule has 0 bridgehead atoms. The zero-order valence-electron chi connectivity index (χ0n) is 17.3. The maximum atomic E-state index is 13.4. The first-order valence-corrected chi connectivity index (χ1v) is 10.9. The lowest BCUT2D eigenvalue weighted by molar-refractivity contribution is -0.117. The summed E-state index contributed by atoms with van der Waals surface area (Å²) >= 11 is 3.47. The number of carbonyl (C=O) groups excluding carboxylic acids is 2. The Balaban J connectivity index is 1.79. The number of pyridine rings is 1. The molecule has 2 unspecified atom stereocenters. The number of nitrogens with zero attached hydrogens (tertiary/aromatic N) is 1. The van der Waals surface area contributed by atoms with Crippen molar-refractivity contribution in [3.05, 3.63) is 80.7 Å². The Bertz CT molecular complexity index is 1090. The fourth-order valence-electron chi connectivity index (χ4n) is 4.32. The van der Waals surface area contributed by atoms with Gasteiger partial charge in [-0.3, -0.25) is 9.59 Å². The van der Waals surface area contributed by atoms with Crippen LogP contribution in [0.4, 0.5) is 5.82 Å². The second-order valence-electron chi connectivity index (χ2n) is 8.10. The van der Waals surface area contributed by atoms with E-state index in [9.17, 15) is 9.59 Å². The highest BCUT2D eigenvalue weighted by Crippen LogP contribution is 2.43. The van der Waals surface area contributed by atoms with Crippen molar-refractivity contribution < 1.29 is 9.59 Å². The second kappa shape index (κ2) is 8.19. The number of hydrogen-bond acceptors (Lipinski definition) is 4. The topological polar surface area (TPSA) is 71.1 Å². The van der Waals surface area contributed by atoms with Crippen LogP contribution in [-0.2, 0) is 9.59 Å². The van der Waals surface area contributed by atoms with Crippen molar-refractivity contribution >= 4 is 33.4 Å². The van der Waals surface area contributed by atoms with Gasteiger partial charge in [-0.05, 0) is 56.0 Å². The van der Waals surface area contributed by atoms with Crippen LogP contribution >= 0.6 is 15.9 Å². The fourth-order valence-corrected chi connectivity index (χ4v) is 4.58. The third kappa shape index (κ3) is 3.97. The Kier molecular flexibility index (Phi) is 5.60. The quantitative estimate of drug-likeness (QED) is 0.668. The highest BCUT2D eigenvalue weighted by Gasteiger charge is 2.39. The number of carbonyl (C=O) groups is 2. The Morgan fingerprint density at radius 3 is 2.57 bits per heavy atom. The van der Waals surface area contributed by atoms with Gasteiger partial charge in [-0.15, -0.1) is 0 Å². The summed E-state index contributed by atoms with van der Waals surface area (Å²) in [5.74, 6) is 0.242. The molecule has 2 aromatic rings. The number of hydrogen-bond donors (Lipinski definition) is 2. The van der Waals surface area contributed by atoms with Gasteiger partial charge in [-0.1, -0.05) is 41.1 Å². The van der Waals surface area contributed by atoms with E-state index in [1.165, 1.54) is 0 Å². The minimum atomic E-state index is -0.404. The van der Waals surface area contributed by atoms with Crippen LogP contribution in [0.2, 0.25) is 0 Å². The van der Waals surface area contributed by atoms with Gasteiger partial charge in [0.2, 0.25) is 0 Å². The van der Waals surface area contributed by atoms with Crippen molar-refractivity contribution in [2.24, 2.45) is 5.92 Å². The number of dihydropyridines is 1. The molecule has 0 saturated carbocycles. The standard InChI is InChI=1S/C24H24BrN3O2/c1-13-11-18-23(19(29)12-13)22(16-7-9-17(25)10-8-16)21(15(3)27-18)24(30)28-20-6-4-5-14(2)26-20/h4-10,13,22,27H,11-12H2,1-3H3,(H,26,28,30). The van der Waals surface area contributed by atoms with Gasteiger partial charge in [0.15, 0.2) is 5.78 Å². The SMILES string of the molecule is CC1=C(C(=O)Nc2cccc(C)n2)C(c2ccc(Br)cc2)C2=C(CC(C)CC2=O)N1. The molecule has 1 aromatic heterocycles. The molecular weight excluding hydrogens is 442 g/mol. The number of rotatable bonds is 3. The fraction of sp³-hybridized carbons (Fsp3) is 0.292. The second-order valence-corrected chi connectivity index (χ2v) is 9.01. The Labute approximate surface area is 184 Å². The van der Waals surface area contributed by atoms with Crippen molar-refractivity contribution in [3.8, 4) is 0 Å². The van der Waals surface area contributed by atoms with Crippen LogP contribution < -0.4 is 10.6 Å². The van der Waals surface area contributed by atoms with Crippen molar-refractivity contribution in [1.82, 2.24) is 10.3 Å². The number of anilines is 1. The molecule has 0 fully saturated rings. The van der Waals surface area contributed by atoms with E-state index in [0.717, 1.165) is 33.5 Å². The van der Waals surface area contributed by atoms with E-state index in [1.807, 2.05) is 50.2 Å². The van der Waals surface area contributed by atoms with Crippen LogP contribution in [0.15, 0.2) is 69.5 Å². The molecule has 5 nitrogen and oxygen atoms in total. The molecule has 4 rings (SSSR count). The molecule has 0 spiro atoms. The van der Waals surface area contributed by atoms with Crippen molar-refractivity contribution in [2.75, 3.05) is 5.32 Å². The molecule has 2 atom stereocenters. The van der Waals surface area contributed by atoms with Crippen molar-refractivity contribution in [3.63, 3.8) is 0 Å². The molecule has 1 aliphatic carbocycles. The zero-order chi connectivity index (χ0) is 21.4. The van der Waals surface area contributed by atoms with Gasteiger partial charge in [0.05, 0.1) is 0 Å². The van der Waals surface area contributed by atoms with E-state index < -0.39 is 5.92 Å². The summed E-state index contributed by atoms with van der Waals surface area (Å²) in [6.45, 7) is 5.87. The zero-order valence-corrected chi connectivity index (χ0v) is 18.8. The molecule has 2 N–H and O–H groups in total. The highest BCUT2D eigenvalue weighted by molar-refractivity contribution is 9.10. The summed E-state index contributed by atoms with van der Waals surface area (Å²) in [5.41, 5.74) is 4.73. The van der Waals surface area contributed by atoms with Crippen LogP contribution in [0.3, 0.4) is 0 Å². The molecule has 2 aliphatic rings. The molecule has 30 heavy (non-hydrogen) atoms. The molecule has 1 amide bonds. The predicted octanol–water partition coefficient (Wildman–Crippen LogP) is 5.01. The van der Waals surface area contributed by atoms with Gasteiger partial charge in [-0.2, -0.15) is 0 Å². The summed E-state index contributed by atoms with van der Waals surface area (Å²) in [6, 6.07) is 13.3. The summed E-state index contributed by atoms with van der Waals surface area (Å²) < 4.78 is 0.952. The Morgan fingerprint density at radius 2 is 1.87 bits per heavy atom. The van der Waals surface area contributed by atoms with Crippen molar-refractivity contribution in [1.29, 1.82) is 0 Å². The summed E-state index contributed by atoms with van der Waals surface area (Å²) in [6.07, 6.45) is 1.31. The van der Waals surface area contributed by atoms with E-state index >= 15 is 0 Å². The predicted molar refractivity (Wildman–Crippen MR) is 121 cm³/mol. The number of amides is 1. The van der Waals surface area contributed by atoms with Crippen LogP contribution in [0, 0.1) is 12.8 Å². The van der Waals surface area contributed by atoms with E-state index in [0.29, 0.717) is 23.4 Å². The van der Waals surface area contributed by atoms with Gasteiger partial charge < -0.3 is 10.6 Å². The van der Waals surface area contributed by atoms with Crippen LogP contribution in [-0.4, -0.2) is 16.7 Å². The third-order valence-corrected chi connectivity index (χ3v) is 6.14. The number of aromatic nitrogens is 1. The van der Waals surface area contributed by atoms with Gasteiger partial charge in [-0.25, -0.2) is 4.98 Å². The lowest BCUT2D eigenvalue weighted by Gasteiger charge is -2.36. The average molecular weight is 466 g/mol. The average Bonchev–Trinajstić information content (AvgIpc) is 2.67. The van der Waals surface area contributed by atoms with Crippen LogP contribution in [0.1, 0.15) is 43.9 Å². The molecular formula is C24H24BrN3O2. The molecule has 6 heteroatoms. The minimum Gasteiger partial charge on any atom is -0.362 e. The number of allylic oxidation sites excluding steroid dienone is 3. The number of nitrogens with one attached hydrogen (secondary N) is 2. The lowest BCUT2D eigenvalue weighted by atomic mass is 9.73. The highest BCUT2D eigenvalue weighted by atomic mass is 79.9.